The van der Waals surface area contributed by atoms with Crippen LogP contribution in [0, 0.1) is 11.3 Å². The maximum Gasteiger partial charge on any atom is 0.409 e. The first-order valence-electron chi connectivity index (χ1n) is 13.3. The summed E-state index contributed by atoms with van der Waals surface area (Å²) in [4.78, 5) is 42.1. The molecule has 0 unspecified atom stereocenters. The topological polar surface area (TPSA) is 99.5 Å². The molecular weight excluding hydrogens is 521 g/mol. The number of ketones is 1. The Bertz CT molecular complexity index is 1360. The summed E-state index contributed by atoms with van der Waals surface area (Å²) in [6.45, 7) is 2.40. The minimum Gasteiger partial charge on any atom is -0.444 e. The minimum atomic E-state index is -3.05. The molecule has 1 saturated heterocycles. The maximum absolute atomic E-state index is 14.7. The molecule has 8 heteroatoms. The fourth-order valence-electron chi connectivity index (χ4n) is 5.02. The van der Waals surface area contributed by atoms with Crippen molar-refractivity contribution < 1.29 is 19.1 Å². The van der Waals surface area contributed by atoms with Crippen LogP contribution in [0.3, 0.4) is 0 Å². The molecule has 3 aromatic rings. The number of hydrogen-bond donors (Lipinski definition) is 1. The van der Waals surface area contributed by atoms with Gasteiger partial charge in [-0.05, 0) is 56.4 Å². The van der Waals surface area contributed by atoms with Crippen molar-refractivity contribution in [3.05, 3.63) is 91.0 Å². The highest BCUT2D eigenvalue weighted by molar-refractivity contribution is 7.97. The van der Waals surface area contributed by atoms with E-state index in [1.54, 1.807) is 20.8 Å². The Morgan fingerprint density at radius 2 is 1.35 bits per heavy atom. The molecule has 4 rings (SSSR count). The summed E-state index contributed by atoms with van der Waals surface area (Å²) in [5.41, 5.74) is -0.819. The molecule has 1 heterocycles. The van der Waals surface area contributed by atoms with Crippen LogP contribution in [0.4, 0.5) is 4.79 Å². The molecule has 2 amide bonds. The molecule has 0 saturated carbocycles. The monoisotopic (exact) mass is 555 g/mol. The van der Waals surface area contributed by atoms with Gasteiger partial charge >= 0.3 is 6.09 Å². The first kappa shape index (κ1) is 28.9. The summed E-state index contributed by atoms with van der Waals surface area (Å²) in [5, 5.41) is 15.9. The van der Waals surface area contributed by atoms with Crippen LogP contribution in [0.5, 0.6) is 0 Å². The Hall–Kier alpha value is -4.14. The van der Waals surface area contributed by atoms with Gasteiger partial charge in [0.25, 0.3) is 0 Å². The van der Waals surface area contributed by atoms with Gasteiger partial charge in [-0.15, -0.1) is 0 Å². The van der Waals surface area contributed by atoms with Gasteiger partial charge in [0.1, 0.15) is 17.0 Å². The lowest BCUT2D eigenvalue weighted by molar-refractivity contribution is -0.140. The Balaban J connectivity index is 2.04. The highest BCUT2D eigenvalue weighted by Crippen LogP contribution is 2.46. The van der Waals surface area contributed by atoms with Crippen LogP contribution in [-0.4, -0.2) is 46.3 Å². The molecule has 0 bridgehead atoms. The number of nitrogens with one attached hydrogen (secondary N) is 1. The third kappa shape index (κ3) is 6.03. The zero-order valence-corrected chi connectivity index (χ0v) is 23.9. The number of amides is 2. The smallest absolute Gasteiger partial charge is 0.409 e. The molecule has 1 aliphatic rings. The number of alkyl carbamates (subject to hydrolysis) is 1. The van der Waals surface area contributed by atoms with E-state index in [4.69, 9.17) is 4.74 Å². The van der Waals surface area contributed by atoms with Gasteiger partial charge in [0.2, 0.25) is 11.7 Å². The quantitative estimate of drug-likeness (QED) is 0.443. The maximum atomic E-state index is 14.7. The standard InChI is InChI=1S/C32H34N3O4P/c1-32(2,3)39-31(38)34-30(35-22-14-13-21-28(35)36)29(37)27(23-33)40(24-15-7-4-8-16-24,25-17-9-5-10-18-25)26-19-11-6-12-20-26/h4-12,15-20,30H,13-14,21-22H2,1-3H3,(H,34,38)/t30-/m0/s1. The summed E-state index contributed by atoms with van der Waals surface area (Å²) in [6, 6.07) is 30.9. The lowest BCUT2D eigenvalue weighted by atomic mass is 10.1. The number of ether oxygens (including phenoxy) is 1. The summed E-state index contributed by atoms with van der Waals surface area (Å²) in [6.07, 6.45) is -0.564. The molecule has 0 radical (unpaired) electrons. The van der Waals surface area contributed by atoms with Crippen LogP contribution >= 0.6 is 6.89 Å². The number of carbonyl (C=O) groups excluding carboxylic acids is 3. The van der Waals surface area contributed by atoms with Crippen LogP contribution in [-0.2, 0) is 14.3 Å². The van der Waals surface area contributed by atoms with Gasteiger partial charge in [-0.2, -0.15) is 5.26 Å². The van der Waals surface area contributed by atoms with Crippen molar-refractivity contribution in [3.8, 4) is 6.07 Å². The molecule has 1 N–H and O–H groups in total. The number of nitrogens with zero attached hydrogens (tertiary/aromatic N) is 2. The van der Waals surface area contributed by atoms with Gasteiger partial charge in [-0.3, -0.25) is 14.9 Å². The Kier molecular flexibility index (Phi) is 8.92. The van der Waals surface area contributed by atoms with Gasteiger partial charge in [0.05, 0.1) is 0 Å². The minimum absolute atomic E-state index is 0.00414. The lowest BCUT2D eigenvalue weighted by Gasteiger charge is -2.36. The Morgan fingerprint density at radius 3 is 1.75 bits per heavy atom. The van der Waals surface area contributed by atoms with Crippen molar-refractivity contribution >= 4 is 45.9 Å². The molecule has 1 atom stereocenters. The van der Waals surface area contributed by atoms with Gasteiger partial charge in [0.15, 0.2) is 6.17 Å². The summed E-state index contributed by atoms with van der Waals surface area (Å²) < 4.78 is 5.47. The van der Waals surface area contributed by atoms with Crippen LogP contribution in [0.1, 0.15) is 40.0 Å². The number of Topliss-reactive ketones (excluding diaryl/α,β-unsaturated/α-hetero) is 1. The van der Waals surface area contributed by atoms with E-state index >= 15 is 0 Å². The number of benzene rings is 3. The van der Waals surface area contributed by atoms with Crippen molar-refractivity contribution in [2.24, 2.45) is 0 Å². The third-order valence-corrected chi connectivity index (χ3v) is 10.9. The largest absolute Gasteiger partial charge is 0.444 e. The predicted octanol–water partition coefficient (Wildman–Crippen LogP) is 4.11. The van der Waals surface area contributed by atoms with Crippen molar-refractivity contribution in [2.45, 2.75) is 51.8 Å². The lowest BCUT2D eigenvalue weighted by Crippen LogP contribution is -2.59. The molecule has 0 aromatic heterocycles. The van der Waals surface area contributed by atoms with Crippen molar-refractivity contribution in [3.63, 3.8) is 0 Å². The second kappa shape index (κ2) is 12.4. The highest BCUT2D eigenvalue weighted by atomic mass is 31.2. The van der Waals surface area contributed by atoms with Crippen LogP contribution < -0.4 is 21.2 Å². The first-order chi connectivity index (χ1) is 19.2. The molecule has 40 heavy (non-hydrogen) atoms. The van der Waals surface area contributed by atoms with Crippen LogP contribution in [0.2, 0.25) is 0 Å². The number of rotatable bonds is 7. The van der Waals surface area contributed by atoms with E-state index < -0.39 is 30.5 Å². The van der Waals surface area contributed by atoms with Gasteiger partial charge in [0, 0.05) is 13.0 Å². The number of nitriles is 1. The third-order valence-electron chi connectivity index (χ3n) is 6.68. The molecule has 206 valence electrons. The van der Waals surface area contributed by atoms with E-state index in [0.717, 1.165) is 15.9 Å². The Labute approximate surface area is 235 Å². The van der Waals surface area contributed by atoms with Gasteiger partial charge in [-0.25, -0.2) is 4.79 Å². The zero-order valence-electron chi connectivity index (χ0n) is 23.0. The molecule has 1 fully saturated rings. The van der Waals surface area contributed by atoms with Crippen molar-refractivity contribution in [2.75, 3.05) is 6.54 Å². The molecule has 3 aromatic carbocycles. The molecule has 7 nitrogen and oxygen atoms in total. The van der Waals surface area contributed by atoms with E-state index in [1.165, 1.54) is 4.90 Å². The summed E-state index contributed by atoms with van der Waals surface area (Å²) >= 11 is 0. The molecule has 0 spiro atoms. The van der Waals surface area contributed by atoms with Crippen LogP contribution in [0.25, 0.3) is 0 Å². The number of piperidine rings is 1. The summed E-state index contributed by atoms with van der Waals surface area (Å²) in [7, 11) is 0. The predicted molar refractivity (Wildman–Crippen MR) is 159 cm³/mol. The Morgan fingerprint density at radius 1 is 0.875 bits per heavy atom. The number of hydrogen-bond acceptors (Lipinski definition) is 5. The second-order valence-corrected chi connectivity index (χ2v) is 13.9. The number of carbonyl (C=O) groups is 3. The molecule has 0 aliphatic carbocycles. The highest BCUT2D eigenvalue weighted by Gasteiger charge is 2.40. The normalized spacial score (nSPS) is 14.6. The SMILES string of the molecule is CC(C)(C)OC(=O)N[C@H](C(=O)C(C#N)=P(c1ccccc1)(c1ccccc1)c1ccccc1)N1CCCCC1=O. The van der Waals surface area contributed by atoms with Crippen LogP contribution in [0.15, 0.2) is 91.0 Å². The molecule has 1 aliphatic heterocycles. The van der Waals surface area contributed by atoms with E-state index in [2.05, 4.69) is 11.4 Å². The van der Waals surface area contributed by atoms with Crippen molar-refractivity contribution in [1.82, 2.24) is 10.2 Å². The zero-order chi connectivity index (χ0) is 28.8. The summed E-state index contributed by atoms with van der Waals surface area (Å²) in [5.74, 6) is -0.866. The van der Waals surface area contributed by atoms with Gasteiger partial charge < -0.3 is 9.64 Å². The fourth-order valence-corrected chi connectivity index (χ4v) is 9.15. The van der Waals surface area contributed by atoms with Gasteiger partial charge in [-0.1, -0.05) is 91.0 Å². The van der Waals surface area contributed by atoms with E-state index in [1.807, 2.05) is 91.0 Å². The average Bonchev–Trinajstić information content (AvgIpc) is 2.95. The van der Waals surface area contributed by atoms with E-state index in [-0.39, 0.29) is 24.2 Å². The van der Waals surface area contributed by atoms with Crippen molar-refractivity contribution in [1.29, 1.82) is 5.26 Å². The number of likely N-dealkylation sites (tertiary alicyclic amines) is 1. The fraction of sp³-hybridized carbons (Fsp3) is 0.281. The average molecular weight is 556 g/mol. The first-order valence-corrected chi connectivity index (χ1v) is 15.1. The molecular formula is C32H34N3O4P. The van der Waals surface area contributed by atoms with E-state index in [9.17, 15) is 19.6 Å². The van der Waals surface area contributed by atoms with E-state index in [0.29, 0.717) is 12.8 Å². The second-order valence-electron chi connectivity index (χ2n) is 10.6.